The van der Waals surface area contributed by atoms with Gasteiger partial charge in [0.15, 0.2) is 5.78 Å². The van der Waals surface area contributed by atoms with Crippen LogP contribution in [0.1, 0.15) is 39.0 Å². The molecule has 1 aliphatic rings. The van der Waals surface area contributed by atoms with E-state index in [9.17, 15) is 4.79 Å². The van der Waals surface area contributed by atoms with Crippen molar-refractivity contribution in [1.82, 2.24) is 0 Å². The van der Waals surface area contributed by atoms with Crippen molar-refractivity contribution in [2.75, 3.05) is 13.2 Å². The van der Waals surface area contributed by atoms with E-state index in [0.717, 1.165) is 19.3 Å². The number of carbonyl (C=O) groups excluding carboxylic acids is 1. The molecule has 0 spiro atoms. The lowest BCUT2D eigenvalue weighted by atomic mass is 10.0. The highest BCUT2D eigenvalue weighted by Gasteiger charge is 2.16. The van der Waals surface area contributed by atoms with Crippen molar-refractivity contribution in [1.29, 1.82) is 0 Å². The summed E-state index contributed by atoms with van der Waals surface area (Å²) in [5, 5.41) is 0. The molecule has 86 valence electrons. The Labute approximate surface area is 91.7 Å². The van der Waals surface area contributed by atoms with Gasteiger partial charge in [-0.25, -0.2) is 0 Å². The Balaban J connectivity index is 2.20. The predicted octanol–water partition coefficient (Wildman–Crippen LogP) is 1.81. The summed E-state index contributed by atoms with van der Waals surface area (Å²) >= 11 is 0. The Morgan fingerprint density at radius 3 is 3.07 bits per heavy atom. The zero-order valence-electron chi connectivity index (χ0n) is 9.50. The average molecular weight is 211 g/mol. The van der Waals surface area contributed by atoms with Gasteiger partial charge in [-0.1, -0.05) is 11.6 Å². The third-order valence-electron chi connectivity index (χ3n) is 2.73. The quantitative estimate of drug-likeness (QED) is 0.516. The van der Waals surface area contributed by atoms with Crippen LogP contribution in [0.5, 0.6) is 0 Å². The minimum Gasteiger partial charge on any atom is -0.381 e. The number of carbonyl (C=O) groups is 1. The molecule has 0 heterocycles. The van der Waals surface area contributed by atoms with Gasteiger partial charge in [0.05, 0.1) is 12.6 Å². The van der Waals surface area contributed by atoms with Gasteiger partial charge < -0.3 is 10.5 Å². The van der Waals surface area contributed by atoms with Crippen LogP contribution in [-0.4, -0.2) is 25.0 Å². The molecule has 1 rings (SSSR count). The molecular formula is C12H21NO2. The lowest BCUT2D eigenvalue weighted by Gasteiger charge is -2.11. The molecule has 1 aliphatic carbocycles. The number of hydrogen-bond donors (Lipinski definition) is 1. The van der Waals surface area contributed by atoms with Crippen LogP contribution < -0.4 is 5.73 Å². The smallest absolute Gasteiger partial charge is 0.152 e. The summed E-state index contributed by atoms with van der Waals surface area (Å²) in [6.45, 7) is 3.09. The topological polar surface area (TPSA) is 52.3 Å². The fraction of sp³-hybridized carbons (Fsp3) is 0.750. The Morgan fingerprint density at radius 1 is 1.67 bits per heavy atom. The minimum atomic E-state index is -0.324. The van der Waals surface area contributed by atoms with E-state index < -0.39 is 0 Å². The first kappa shape index (κ1) is 12.4. The number of hydrogen-bond acceptors (Lipinski definition) is 3. The van der Waals surface area contributed by atoms with Gasteiger partial charge in [0.25, 0.3) is 0 Å². The molecule has 15 heavy (non-hydrogen) atoms. The Morgan fingerprint density at radius 2 is 2.47 bits per heavy atom. The molecule has 2 N–H and O–H groups in total. The summed E-state index contributed by atoms with van der Waals surface area (Å²) < 4.78 is 5.13. The van der Waals surface area contributed by atoms with Gasteiger partial charge in [-0.2, -0.15) is 0 Å². The van der Waals surface area contributed by atoms with Gasteiger partial charge in [0.1, 0.15) is 0 Å². The van der Waals surface area contributed by atoms with Crippen LogP contribution in [-0.2, 0) is 9.53 Å². The van der Waals surface area contributed by atoms with E-state index in [4.69, 9.17) is 10.5 Å². The number of ketones is 1. The average Bonchev–Trinajstić information content (AvgIpc) is 2.70. The van der Waals surface area contributed by atoms with Crippen LogP contribution in [0.15, 0.2) is 11.6 Å². The number of ether oxygens (including phenoxy) is 1. The molecule has 0 aliphatic heterocycles. The summed E-state index contributed by atoms with van der Waals surface area (Å²) in [4.78, 5) is 11.6. The largest absolute Gasteiger partial charge is 0.381 e. The van der Waals surface area contributed by atoms with E-state index >= 15 is 0 Å². The maximum atomic E-state index is 11.6. The summed E-state index contributed by atoms with van der Waals surface area (Å²) in [5.74, 6) is 0.122. The Kier molecular flexibility index (Phi) is 5.58. The highest BCUT2D eigenvalue weighted by atomic mass is 16.5. The molecule has 1 atom stereocenters. The second-order valence-electron chi connectivity index (χ2n) is 3.98. The normalized spacial score (nSPS) is 17.6. The summed E-state index contributed by atoms with van der Waals surface area (Å²) in [6.07, 6.45) is 6.89. The van der Waals surface area contributed by atoms with Gasteiger partial charge in [-0.05, 0) is 32.6 Å². The first-order chi connectivity index (χ1) is 7.24. The van der Waals surface area contributed by atoms with Crippen molar-refractivity contribution in [3.05, 3.63) is 11.6 Å². The molecule has 0 aromatic heterocycles. The zero-order chi connectivity index (χ0) is 11.1. The maximum Gasteiger partial charge on any atom is 0.152 e. The van der Waals surface area contributed by atoms with Crippen molar-refractivity contribution >= 4 is 5.78 Å². The summed E-state index contributed by atoms with van der Waals surface area (Å²) in [7, 11) is 0. The molecule has 0 aromatic rings. The van der Waals surface area contributed by atoms with Crippen molar-refractivity contribution in [2.45, 2.75) is 45.1 Å². The third kappa shape index (κ3) is 4.58. The molecular weight excluding hydrogens is 190 g/mol. The fourth-order valence-electron chi connectivity index (χ4n) is 1.82. The SMILES string of the molecule is CCOCCC(=O)[C@@H](N)CC1=CCCC1. The van der Waals surface area contributed by atoms with Crippen LogP contribution in [0.2, 0.25) is 0 Å². The molecule has 0 saturated carbocycles. The van der Waals surface area contributed by atoms with Crippen molar-refractivity contribution in [3.8, 4) is 0 Å². The molecule has 3 heteroatoms. The monoisotopic (exact) mass is 211 g/mol. The Hall–Kier alpha value is -0.670. The van der Waals surface area contributed by atoms with Gasteiger partial charge in [0.2, 0.25) is 0 Å². The van der Waals surface area contributed by atoms with E-state index in [1.807, 2.05) is 6.92 Å². The molecule has 0 aromatic carbocycles. The van der Waals surface area contributed by atoms with Gasteiger partial charge in [-0.3, -0.25) is 4.79 Å². The van der Waals surface area contributed by atoms with Gasteiger partial charge in [0, 0.05) is 13.0 Å². The van der Waals surface area contributed by atoms with Crippen LogP contribution in [0.25, 0.3) is 0 Å². The highest BCUT2D eigenvalue weighted by molar-refractivity contribution is 5.84. The fourth-order valence-corrected chi connectivity index (χ4v) is 1.82. The number of allylic oxidation sites excluding steroid dienone is 1. The standard InChI is InChI=1S/C12H21NO2/c1-2-15-8-7-12(14)11(13)9-10-5-3-4-6-10/h5,11H,2-4,6-9,13H2,1H3/t11-/m0/s1. The van der Waals surface area contributed by atoms with E-state index in [1.54, 1.807) is 0 Å². The molecule has 0 amide bonds. The van der Waals surface area contributed by atoms with Gasteiger partial charge in [-0.15, -0.1) is 0 Å². The van der Waals surface area contributed by atoms with Gasteiger partial charge >= 0.3 is 0 Å². The van der Waals surface area contributed by atoms with Crippen LogP contribution in [0.3, 0.4) is 0 Å². The number of rotatable bonds is 7. The number of Topliss-reactive ketones (excluding diaryl/α,β-unsaturated/α-hetero) is 1. The first-order valence-electron chi connectivity index (χ1n) is 5.78. The van der Waals surface area contributed by atoms with Crippen LogP contribution in [0.4, 0.5) is 0 Å². The van der Waals surface area contributed by atoms with Crippen molar-refractivity contribution < 1.29 is 9.53 Å². The molecule has 0 unspecified atom stereocenters. The molecule has 0 bridgehead atoms. The maximum absolute atomic E-state index is 11.6. The lowest BCUT2D eigenvalue weighted by Crippen LogP contribution is -2.31. The van der Waals surface area contributed by atoms with E-state index in [0.29, 0.717) is 19.6 Å². The highest BCUT2D eigenvalue weighted by Crippen LogP contribution is 2.21. The summed E-state index contributed by atoms with van der Waals surface area (Å²) in [5.41, 5.74) is 7.19. The van der Waals surface area contributed by atoms with E-state index in [-0.39, 0.29) is 11.8 Å². The Bertz CT molecular complexity index is 236. The molecule has 0 saturated heterocycles. The second-order valence-corrected chi connectivity index (χ2v) is 3.98. The molecule has 0 fully saturated rings. The number of nitrogens with two attached hydrogens (primary N) is 1. The first-order valence-corrected chi connectivity index (χ1v) is 5.78. The predicted molar refractivity (Wildman–Crippen MR) is 60.6 cm³/mol. The van der Waals surface area contributed by atoms with Crippen molar-refractivity contribution in [3.63, 3.8) is 0 Å². The van der Waals surface area contributed by atoms with Crippen LogP contribution in [0, 0.1) is 0 Å². The van der Waals surface area contributed by atoms with E-state index in [1.165, 1.54) is 12.0 Å². The third-order valence-corrected chi connectivity index (χ3v) is 2.73. The van der Waals surface area contributed by atoms with Crippen molar-refractivity contribution in [2.24, 2.45) is 5.73 Å². The summed E-state index contributed by atoms with van der Waals surface area (Å²) in [6, 6.07) is -0.324. The zero-order valence-corrected chi connectivity index (χ0v) is 9.50. The lowest BCUT2D eigenvalue weighted by molar-refractivity contribution is -0.121. The minimum absolute atomic E-state index is 0.122. The molecule has 0 radical (unpaired) electrons. The second kappa shape index (κ2) is 6.75. The van der Waals surface area contributed by atoms with E-state index in [2.05, 4.69) is 6.08 Å². The van der Waals surface area contributed by atoms with Crippen LogP contribution >= 0.6 is 0 Å². The molecule has 3 nitrogen and oxygen atoms in total.